The monoisotopic (exact) mass is 585 g/mol. The molecule has 42 heavy (non-hydrogen) atoms. The van der Waals surface area contributed by atoms with E-state index in [9.17, 15) is 19.6 Å². The second-order valence-corrected chi connectivity index (χ2v) is 13.6. The molecule has 3 aliphatic rings. The highest BCUT2D eigenvalue weighted by Crippen LogP contribution is 2.49. The number of nitriles is 1. The Morgan fingerprint density at radius 1 is 1.19 bits per heavy atom. The maximum absolute atomic E-state index is 13.6. The van der Waals surface area contributed by atoms with Gasteiger partial charge in [0.2, 0.25) is 0 Å². The molecule has 2 saturated heterocycles. The van der Waals surface area contributed by atoms with E-state index in [0.717, 1.165) is 54.2 Å². The topological polar surface area (TPSA) is 101 Å². The standard InChI is InChI=1S/C31H32FN7O2S/c1-18-11-22(37-14-31(15-37)16-38(17-31)28(40)30(2,3)41)12-23-27(26(20-5-6-20)35-39(18)23)36(4)29-34-25(24(13-33)42-29)19-7-9-21(32)10-8-19/h7-12,20,41H,5-6,14-17H2,1-4H3. The number of pyridine rings is 1. The van der Waals surface area contributed by atoms with Crippen molar-refractivity contribution >= 4 is 39.3 Å². The number of amides is 1. The number of likely N-dealkylation sites (tertiary alicyclic amines) is 1. The zero-order chi connectivity index (χ0) is 29.6. The molecule has 4 aromatic rings. The van der Waals surface area contributed by atoms with Crippen LogP contribution in [0.25, 0.3) is 16.8 Å². The zero-order valence-corrected chi connectivity index (χ0v) is 24.9. The molecule has 1 N–H and O–H groups in total. The Hall–Kier alpha value is -4.01. The SMILES string of the molecule is Cc1cc(N2CC3(CN(C(=O)C(C)(C)O)C3)C2)cc2c(N(C)c3nc(-c4ccc(F)cc4)c(C#N)s3)c(C3CC3)nn12. The highest BCUT2D eigenvalue weighted by Gasteiger charge is 2.54. The lowest BCUT2D eigenvalue weighted by Crippen LogP contribution is -2.74. The van der Waals surface area contributed by atoms with Crippen LogP contribution in [0.2, 0.25) is 0 Å². The van der Waals surface area contributed by atoms with Crippen molar-refractivity contribution in [1.82, 2.24) is 19.5 Å². The van der Waals surface area contributed by atoms with Gasteiger partial charge in [0, 0.05) is 61.5 Å². The third kappa shape index (κ3) is 4.32. The Bertz CT molecular complexity index is 1760. The number of aliphatic hydroxyl groups is 1. The van der Waals surface area contributed by atoms with Crippen molar-refractivity contribution in [2.24, 2.45) is 5.41 Å². The van der Waals surface area contributed by atoms with Gasteiger partial charge in [-0.3, -0.25) is 4.79 Å². The van der Waals surface area contributed by atoms with E-state index in [4.69, 9.17) is 10.1 Å². The predicted octanol–water partition coefficient (Wildman–Crippen LogP) is 4.84. The molecule has 3 aromatic heterocycles. The summed E-state index contributed by atoms with van der Waals surface area (Å²) in [6.45, 7) is 8.19. The van der Waals surface area contributed by atoms with Crippen molar-refractivity contribution < 1.29 is 14.3 Å². The summed E-state index contributed by atoms with van der Waals surface area (Å²) in [6.07, 6.45) is 2.18. The molecule has 1 amide bonds. The van der Waals surface area contributed by atoms with Gasteiger partial charge in [-0.15, -0.1) is 0 Å². The number of hydrogen-bond donors (Lipinski definition) is 1. The number of aryl methyl sites for hydroxylation is 1. The van der Waals surface area contributed by atoms with Gasteiger partial charge in [-0.05, 0) is 70.0 Å². The molecule has 9 nitrogen and oxygen atoms in total. The lowest BCUT2D eigenvalue weighted by molar-refractivity contribution is -0.162. The molecule has 3 fully saturated rings. The summed E-state index contributed by atoms with van der Waals surface area (Å²) in [5, 5.41) is 25.7. The number of benzene rings is 1. The maximum Gasteiger partial charge on any atom is 0.253 e. The molecule has 1 aromatic carbocycles. The second-order valence-electron chi connectivity index (χ2n) is 12.6. The lowest BCUT2D eigenvalue weighted by Gasteiger charge is -2.61. The second kappa shape index (κ2) is 9.24. The van der Waals surface area contributed by atoms with Gasteiger partial charge in [0.05, 0.1) is 16.9 Å². The molecular formula is C31H32FN7O2S. The molecule has 0 unspecified atom stereocenters. The van der Waals surface area contributed by atoms with Crippen LogP contribution in [0.4, 0.5) is 20.9 Å². The maximum atomic E-state index is 13.6. The summed E-state index contributed by atoms with van der Waals surface area (Å²) >= 11 is 1.32. The molecule has 1 aliphatic carbocycles. The molecule has 1 saturated carbocycles. The first-order chi connectivity index (χ1) is 20.0. The Balaban J connectivity index is 1.20. The van der Waals surface area contributed by atoms with Gasteiger partial charge in [-0.1, -0.05) is 11.3 Å². The van der Waals surface area contributed by atoms with E-state index in [1.54, 1.807) is 17.0 Å². The number of carbonyl (C=O) groups excluding carboxylic acids is 1. The van der Waals surface area contributed by atoms with E-state index in [0.29, 0.717) is 40.3 Å². The number of nitrogens with zero attached hydrogens (tertiary/aromatic N) is 7. The van der Waals surface area contributed by atoms with Gasteiger partial charge < -0.3 is 19.8 Å². The summed E-state index contributed by atoms with van der Waals surface area (Å²) < 4.78 is 15.6. The van der Waals surface area contributed by atoms with E-state index in [-0.39, 0.29) is 17.1 Å². The first kappa shape index (κ1) is 26.9. The first-order valence-electron chi connectivity index (χ1n) is 14.2. The number of hydrogen-bond acceptors (Lipinski definition) is 8. The van der Waals surface area contributed by atoms with Crippen molar-refractivity contribution in [3.63, 3.8) is 0 Å². The minimum absolute atomic E-state index is 0.0747. The van der Waals surface area contributed by atoms with Gasteiger partial charge in [0.15, 0.2) is 5.13 Å². The van der Waals surface area contributed by atoms with Crippen molar-refractivity contribution in [1.29, 1.82) is 5.26 Å². The lowest BCUT2D eigenvalue weighted by atomic mass is 9.72. The third-order valence-electron chi connectivity index (χ3n) is 8.60. The molecule has 0 atom stereocenters. The first-order valence-corrected chi connectivity index (χ1v) is 15.0. The van der Waals surface area contributed by atoms with Gasteiger partial charge in [0.1, 0.15) is 28.1 Å². The van der Waals surface area contributed by atoms with Crippen LogP contribution in [0, 0.1) is 29.5 Å². The Kier molecular flexibility index (Phi) is 5.91. The van der Waals surface area contributed by atoms with Crippen molar-refractivity contribution in [2.75, 3.05) is 43.0 Å². The molecule has 216 valence electrons. The van der Waals surface area contributed by atoms with Crippen LogP contribution in [0.3, 0.4) is 0 Å². The highest BCUT2D eigenvalue weighted by molar-refractivity contribution is 7.16. The van der Waals surface area contributed by atoms with Crippen LogP contribution < -0.4 is 9.80 Å². The number of aromatic nitrogens is 3. The predicted molar refractivity (Wildman–Crippen MR) is 160 cm³/mol. The number of halogens is 1. The Morgan fingerprint density at radius 2 is 1.88 bits per heavy atom. The van der Waals surface area contributed by atoms with Crippen LogP contribution >= 0.6 is 11.3 Å². The molecule has 7 rings (SSSR count). The largest absolute Gasteiger partial charge is 0.381 e. The molecule has 0 bridgehead atoms. The average Bonchev–Trinajstić information content (AvgIpc) is 3.53. The van der Waals surface area contributed by atoms with Crippen LogP contribution in [-0.4, -0.2) is 69.3 Å². The smallest absolute Gasteiger partial charge is 0.253 e. The normalized spacial score (nSPS) is 17.7. The van der Waals surface area contributed by atoms with Gasteiger partial charge in [0.25, 0.3) is 5.91 Å². The molecule has 11 heteroatoms. The number of anilines is 3. The Morgan fingerprint density at radius 3 is 2.50 bits per heavy atom. The molecule has 5 heterocycles. The number of fused-ring (bicyclic) bond motifs is 1. The fraction of sp³-hybridized carbons (Fsp3) is 0.419. The molecule has 2 aliphatic heterocycles. The van der Waals surface area contributed by atoms with Crippen LogP contribution in [0.1, 0.15) is 48.9 Å². The molecule has 1 spiro atoms. The number of rotatable bonds is 6. The van der Waals surface area contributed by atoms with Crippen molar-refractivity contribution in [2.45, 2.75) is 45.1 Å². The van der Waals surface area contributed by atoms with Gasteiger partial charge in [-0.25, -0.2) is 13.9 Å². The summed E-state index contributed by atoms with van der Waals surface area (Å²) in [6, 6.07) is 12.7. The van der Waals surface area contributed by atoms with Crippen molar-refractivity contribution in [3.8, 4) is 17.3 Å². The zero-order valence-electron chi connectivity index (χ0n) is 24.1. The minimum Gasteiger partial charge on any atom is -0.381 e. The molecular weight excluding hydrogens is 553 g/mol. The average molecular weight is 586 g/mol. The van der Waals surface area contributed by atoms with E-state index in [1.165, 1.54) is 37.3 Å². The van der Waals surface area contributed by atoms with E-state index >= 15 is 0 Å². The minimum atomic E-state index is -1.35. The summed E-state index contributed by atoms with van der Waals surface area (Å²) in [4.78, 5) is 23.9. The number of thiazole rings is 1. The summed E-state index contributed by atoms with van der Waals surface area (Å²) in [7, 11) is 1.97. The Labute approximate surface area is 247 Å². The van der Waals surface area contributed by atoms with Crippen LogP contribution in [0.15, 0.2) is 36.4 Å². The third-order valence-corrected chi connectivity index (χ3v) is 9.64. The van der Waals surface area contributed by atoms with Gasteiger partial charge >= 0.3 is 0 Å². The fourth-order valence-corrected chi connectivity index (χ4v) is 7.17. The van der Waals surface area contributed by atoms with Gasteiger partial charge in [-0.2, -0.15) is 10.4 Å². The van der Waals surface area contributed by atoms with E-state index < -0.39 is 5.60 Å². The van der Waals surface area contributed by atoms with Crippen LogP contribution in [-0.2, 0) is 4.79 Å². The molecule has 0 radical (unpaired) electrons. The van der Waals surface area contributed by atoms with E-state index in [2.05, 4.69) is 30.0 Å². The van der Waals surface area contributed by atoms with Crippen LogP contribution in [0.5, 0.6) is 0 Å². The quantitative estimate of drug-likeness (QED) is 0.346. The summed E-state index contributed by atoms with van der Waals surface area (Å²) in [5.74, 6) is -0.159. The summed E-state index contributed by atoms with van der Waals surface area (Å²) in [5.41, 5.74) is 5.14. The van der Waals surface area contributed by atoms with E-state index in [1.807, 2.05) is 16.5 Å². The highest BCUT2D eigenvalue weighted by atomic mass is 32.1. The van der Waals surface area contributed by atoms with Crippen molar-refractivity contribution in [3.05, 3.63) is 58.5 Å². The number of carbonyl (C=O) groups is 1. The fourth-order valence-electron chi connectivity index (χ4n) is 6.32.